The minimum Gasteiger partial charge on any atom is -0.486 e. The molecule has 0 radical (unpaired) electrons. The minimum absolute atomic E-state index is 0.185. The van der Waals surface area contributed by atoms with Gasteiger partial charge in [-0.3, -0.25) is 4.79 Å². The lowest BCUT2D eigenvalue weighted by Gasteiger charge is -2.26. The first-order valence-electron chi connectivity index (χ1n) is 11.1. The summed E-state index contributed by atoms with van der Waals surface area (Å²) in [6.07, 6.45) is -0.249. The first-order chi connectivity index (χ1) is 16.6. The van der Waals surface area contributed by atoms with E-state index in [2.05, 4.69) is 20.6 Å². The highest BCUT2D eigenvalue weighted by molar-refractivity contribution is 5.95. The first kappa shape index (κ1) is 21.5. The Bertz CT molecular complexity index is 1310. The number of aryl methyl sites for hydroxylation is 1. The van der Waals surface area contributed by atoms with Crippen LogP contribution >= 0.6 is 0 Å². The van der Waals surface area contributed by atoms with Crippen molar-refractivity contribution in [1.82, 2.24) is 15.3 Å². The van der Waals surface area contributed by atoms with Gasteiger partial charge in [-0.05, 0) is 37.3 Å². The molecule has 1 aromatic heterocycles. The summed E-state index contributed by atoms with van der Waals surface area (Å²) in [5.41, 5.74) is 3.15. The SMILES string of the molecule is Cc1nc(Nc2cccc(C(=O)NCC3COc4ccccc4O3)c2)cc(-c2ccccc2)n1. The van der Waals surface area contributed by atoms with Gasteiger partial charge in [-0.25, -0.2) is 9.97 Å². The summed E-state index contributed by atoms with van der Waals surface area (Å²) < 4.78 is 11.6. The second-order valence-electron chi connectivity index (χ2n) is 7.97. The van der Waals surface area contributed by atoms with E-state index in [1.165, 1.54) is 0 Å². The van der Waals surface area contributed by atoms with E-state index in [9.17, 15) is 4.79 Å². The summed E-state index contributed by atoms with van der Waals surface area (Å²) in [6, 6.07) is 26.7. The van der Waals surface area contributed by atoms with Crippen molar-refractivity contribution in [3.05, 3.63) is 96.3 Å². The third kappa shape index (κ3) is 4.99. The molecule has 1 aliphatic heterocycles. The van der Waals surface area contributed by atoms with Gasteiger partial charge >= 0.3 is 0 Å². The number of hydrogen-bond donors (Lipinski definition) is 2. The number of para-hydroxylation sites is 2. The lowest BCUT2D eigenvalue weighted by Crippen LogP contribution is -2.40. The number of rotatable bonds is 6. The molecule has 5 rings (SSSR count). The van der Waals surface area contributed by atoms with Gasteiger partial charge in [-0.15, -0.1) is 0 Å². The standard InChI is InChI=1S/C27H24N4O3/c1-18-29-23(19-8-3-2-4-9-19)15-26(30-18)31-21-11-7-10-20(14-21)27(32)28-16-22-17-33-24-12-5-6-13-25(24)34-22/h2-15,22H,16-17H2,1H3,(H,28,32)(H,29,30,31). The molecule has 2 heterocycles. The van der Waals surface area contributed by atoms with Gasteiger partial charge in [0.05, 0.1) is 12.2 Å². The molecule has 0 saturated heterocycles. The van der Waals surface area contributed by atoms with Gasteiger partial charge in [-0.2, -0.15) is 0 Å². The Balaban J connectivity index is 1.24. The summed E-state index contributed by atoms with van der Waals surface area (Å²) >= 11 is 0. The predicted molar refractivity (Wildman–Crippen MR) is 131 cm³/mol. The molecule has 1 atom stereocenters. The molecule has 34 heavy (non-hydrogen) atoms. The summed E-state index contributed by atoms with van der Waals surface area (Å²) in [6.45, 7) is 2.59. The molecule has 4 aromatic rings. The highest BCUT2D eigenvalue weighted by Gasteiger charge is 2.21. The number of carbonyl (C=O) groups is 1. The molecule has 3 aromatic carbocycles. The van der Waals surface area contributed by atoms with Gasteiger partial charge in [-0.1, -0.05) is 48.5 Å². The Hall–Kier alpha value is -4.39. The lowest BCUT2D eigenvalue weighted by molar-refractivity contribution is 0.0789. The van der Waals surface area contributed by atoms with Crippen LogP contribution in [0.3, 0.4) is 0 Å². The van der Waals surface area contributed by atoms with Crippen LogP contribution in [0.25, 0.3) is 11.3 Å². The number of benzene rings is 3. The molecular formula is C27H24N4O3. The van der Waals surface area contributed by atoms with Crippen molar-refractivity contribution in [3.8, 4) is 22.8 Å². The molecule has 0 spiro atoms. The number of nitrogens with zero attached hydrogens (tertiary/aromatic N) is 2. The van der Waals surface area contributed by atoms with Gasteiger partial charge in [0.2, 0.25) is 0 Å². The van der Waals surface area contributed by atoms with Gasteiger partial charge in [0, 0.05) is 22.9 Å². The normalized spacial score (nSPS) is 14.3. The fraction of sp³-hybridized carbons (Fsp3) is 0.148. The second-order valence-corrected chi connectivity index (χ2v) is 7.97. The van der Waals surface area contributed by atoms with Crippen LogP contribution < -0.4 is 20.1 Å². The third-order valence-electron chi connectivity index (χ3n) is 5.36. The summed E-state index contributed by atoms with van der Waals surface area (Å²) in [7, 11) is 0. The largest absolute Gasteiger partial charge is 0.486 e. The van der Waals surface area contributed by atoms with Crippen molar-refractivity contribution in [1.29, 1.82) is 0 Å². The quantitative estimate of drug-likeness (QED) is 0.439. The van der Waals surface area contributed by atoms with E-state index in [4.69, 9.17) is 9.47 Å². The maximum Gasteiger partial charge on any atom is 0.251 e. The van der Waals surface area contributed by atoms with Crippen molar-refractivity contribution in [2.45, 2.75) is 13.0 Å². The second kappa shape index (κ2) is 9.62. The Morgan fingerprint density at radius 1 is 0.941 bits per heavy atom. The lowest BCUT2D eigenvalue weighted by atomic mass is 10.1. The highest BCUT2D eigenvalue weighted by atomic mass is 16.6. The molecule has 1 amide bonds. The topological polar surface area (TPSA) is 85.4 Å². The van der Waals surface area contributed by atoms with E-state index in [0.717, 1.165) is 22.7 Å². The zero-order valence-electron chi connectivity index (χ0n) is 18.7. The number of carbonyl (C=O) groups excluding carboxylic acids is 1. The maximum atomic E-state index is 12.8. The van der Waals surface area contributed by atoms with E-state index in [1.54, 1.807) is 12.1 Å². The zero-order valence-corrected chi connectivity index (χ0v) is 18.7. The minimum atomic E-state index is -0.249. The molecular weight excluding hydrogens is 428 g/mol. The molecule has 0 fully saturated rings. The molecule has 0 saturated carbocycles. The molecule has 7 nitrogen and oxygen atoms in total. The number of fused-ring (bicyclic) bond motifs is 1. The van der Waals surface area contributed by atoms with Gasteiger partial charge in [0.15, 0.2) is 11.5 Å². The summed E-state index contributed by atoms with van der Waals surface area (Å²) in [5, 5.41) is 6.22. The van der Waals surface area contributed by atoms with Crippen LogP contribution in [-0.2, 0) is 0 Å². The van der Waals surface area contributed by atoms with Crippen molar-refractivity contribution >= 4 is 17.4 Å². The highest BCUT2D eigenvalue weighted by Crippen LogP contribution is 2.30. The fourth-order valence-electron chi connectivity index (χ4n) is 3.75. The number of nitrogens with one attached hydrogen (secondary N) is 2. The Kier molecular flexibility index (Phi) is 6.07. The van der Waals surface area contributed by atoms with E-state index in [1.807, 2.05) is 79.7 Å². The van der Waals surface area contributed by atoms with Crippen molar-refractivity contribution in [2.24, 2.45) is 0 Å². The average molecular weight is 453 g/mol. The number of hydrogen-bond acceptors (Lipinski definition) is 6. The smallest absolute Gasteiger partial charge is 0.251 e. The fourth-order valence-corrected chi connectivity index (χ4v) is 3.75. The number of amides is 1. The van der Waals surface area contributed by atoms with E-state index in [-0.39, 0.29) is 12.0 Å². The van der Waals surface area contributed by atoms with Crippen LogP contribution in [0.1, 0.15) is 16.2 Å². The number of aromatic nitrogens is 2. The van der Waals surface area contributed by atoms with Crippen LogP contribution in [0.2, 0.25) is 0 Å². The van der Waals surface area contributed by atoms with Crippen LogP contribution in [0.4, 0.5) is 11.5 Å². The van der Waals surface area contributed by atoms with Crippen LogP contribution in [-0.4, -0.2) is 35.1 Å². The van der Waals surface area contributed by atoms with E-state index in [0.29, 0.717) is 36.1 Å². The molecule has 0 bridgehead atoms. The molecule has 7 heteroatoms. The van der Waals surface area contributed by atoms with E-state index < -0.39 is 0 Å². The molecule has 0 aliphatic carbocycles. The van der Waals surface area contributed by atoms with Gasteiger partial charge in [0.25, 0.3) is 5.91 Å². The van der Waals surface area contributed by atoms with Crippen molar-refractivity contribution in [3.63, 3.8) is 0 Å². The Morgan fingerprint density at radius 2 is 1.74 bits per heavy atom. The first-order valence-corrected chi connectivity index (χ1v) is 11.1. The Labute approximate surface area is 197 Å². The predicted octanol–water partition coefficient (Wildman–Crippen LogP) is 4.77. The monoisotopic (exact) mass is 452 g/mol. The number of anilines is 2. The van der Waals surface area contributed by atoms with Crippen LogP contribution in [0, 0.1) is 6.92 Å². The molecule has 1 unspecified atom stereocenters. The van der Waals surface area contributed by atoms with E-state index >= 15 is 0 Å². The number of ether oxygens (including phenoxy) is 2. The maximum absolute atomic E-state index is 12.8. The Morgan fingerprint density at radius 3 is 2.59 bits per heavy atom. The molecule has 1 aliphatic rings. The van der Waals surface area contributed by atoms with Crippen molar-refractivity contribution < 1.29 is 14.3 Å². The van der Waals surface area contributed by atoms with Gasteiger partial charge in [0.1, 0.15) is 24.4 Å². The molecule has 2 N–H and O–H groups in total. The summed E-state index contributed by atoms with van der Waals surface area (Å²) in [5.74, 6) is 2.55. The third-order valence-corrected chi connectivity index (χ3v) is 5.36. The van der Waals surface area contributed by atoms with Crippen LogP contribution in [0.15, 0.2) is 84.9 Å². The van der Waals surface area contributed by atoms with Crippen molar-refractivity contribution in [2.75, 3.05) is 18.5 Å². The molecule has 170 valence electrons. The van der Waals surface area contributed by atoms with Gasteiger partial charge < -0.3 is 20.1 Å². The van der Waals surface area contributed by atoms with Crippen LogP contribution in [0.5, 0.6) is 11.5 Å². The summed E-state index contributed by atoms with van der Waals surface area (Å²) in [4.78, 5) is 21.8. The average Bonchev–Trinajstić information content (AvgIpc) is 2.87. The zero-order chi connectivity index (χ0) is 23.3.